The molecule has 5 heteroatoms. The minimum absolute atomic E-state index is 0.124. The van der Waals surface area contributed by atoms with Crippen molar-refractivity contribution >= 4 is 27.1 Å². The molecule has 0 heterocycles. The van der Waals surface area contributed by atoms with Crippen molar-refractivity contribution in [2.45, 2.75) is 6.92 Å². The minimum Gasteiger partial charge on any atom is -0.384 e. The molecule has 15 heavy (non-hydrogen) atoms. The first-order valence-electron chi connectivity index (χ1n) is 4.57. The summed E-state index contributed by atoms with van der Waals surface area (Å²) in [6.07, 6.45) is 1.22. The average molecular weight is 248 g/mol. The van der Waals surface area contributed by atoms with Gasteiger partial charge in [-0.25, -0.2) is 8.42 Å². The second-order valence-electron chi connectivity index (χ2n) is 3.47. The molecule has 0 spiro atoms. The second-order valence-corrected chi connectivity index (χ2v) is 6.14. The Morgan fingerprint density at radius 2 is 2.07 bits per heavy atom. The fourth-order valence-electron chi connectivity index (χ4n) is 1.17. The van der Waals surface area contributed by atoms with Crippen molar-refractivity contribution < 1.29 is 8.42 Å². The first-order chi connectivity index (χ1) is 6.90. The third-order valence-corrected chi connectivity index (χ3v) is 3.41. The number of halogens is 1. The SMILES string of the molecule is Cc1c(Cl)cccc1NCCS(C)(=O)=O. The molecule has 0 aliphatic rings. The quantitative estimate of drug-likeness (QED) is 0.887. The lowest BCUT2D eigenvalue weighted by Crippen LogP contribution is -2.14. The fourth-order valence-corrected chi connectivity index (χ4v) is 1.82. The number of nitrogens with one attached hydrogen (secondary N) is 1. The summed E-state index contributed by atoms with van der Waals surface area (Å²) < 4.78 is 21.8. The molecule has 0 aliphatic heterocycles. The highest BCUT2D eigenvalue weighted by atomic mass is 35.5. The van der Waals surface area contributed by atoms with Crippen LogP contribution in [0.2, 0.25) is 5.02 Å². The summed E-state index contributed by atoms with van der Waals surface area (Å²) in [4.78, 5) is 0. The molecule has 84 valence electrons. The third-order valence-electron chi connectivity index (χ3n) is 2.06. The molecule has 1 aromatic carbocycles. The normalized spacial score (nSPS) is 11.4. The maximum absolute atomic E-state index is 10.9. The zero-order valence-electron chi connectivity index (χ0n) is 8.75. The summed E-state index contributed by atoms with van der Waals surface area (Å²) in [5, 5.41) is 3.73. The zero-order valence-corrected chi connectivity index (χ0v) is 10.3. The van der Waals surface area contributed by atoms with Gasteiger partial charge in [0.2, 0.25) is 0 Å². The van der Waals surface area contributed by atoms with Gasteiger partial charge in [0.25, 0.3) is 0 Å². The van der Waals surface area contributed by atoms with Gasteiger partial charge in [-0.3, -0.25) is 0 Å². The van der Waals surface area contributed by atoms with Gasteiger partial charge in [0, 0.05) is 23.5 Å². The van der Waals surface area contributed by atoms with E-state index in [1.807, 2.05) is 19.1 Å². The minimum atomic E-state index is -2.91. The summed E-state index contributed by atoms with van der Waals surface area (Å²) in [6, 6.07) is 5.51. The van der Waals surface area contributed by atoms with Crippen molar-refractivity contribution in [3.63, 3.8) is 0 Å². The van der Waals surface area contributed by atoms with E-state index < -0.39 is 9.84 Å². The Balaban J connectivity index is 2.62. The predicted molar refractivity (Wildman–Crippen MR) is 64.4 cm³/mol. The van der Waals surface area contributed by atoms with Gasteiger partial charge in [0.1, 0.15) is 9.84 Å². The van der Waals surface area contributed by atoms with Gasteiger partial charge >= 0.3 is 0 Å². The van der Waals surface area contributed by atoms with Crippen molar-refractivity contribution in [1.29, 1.82) is 0 Å². The Hall–Kier alpha value is -0.740. The number of hydrogen-bond acceptors (Lipinski definition) is 3. The summed E-state index contributed by atoms with van der Waals surface area (Å²) in [6.45, 7) is 2.30. The molecule has 0 aromatic heterocycles. The van der Waals surface area contributed by atoms with Crippen LogP contribution >= 0.6 is 11.6 Å². The number of benzene rings is 1. The van der Waals surface area contributed by atoms with E-state index in [1.54, 1.807) is 6.07 Å². The van der Waals surface area contributed by atoms with Gasteiger partial charge in [-0.1, -0.05) is 17.7 Å². The van der Waals surface area contributed by atoms with Gasteiger partial charge in [0.15, 0.2) is 0 Å². The van der Waals surface area contributed by atoms with Crippen LogP contribution in [0.1, 0.15) is 5.56 Å². The van der Waals surface area contributed by atoms with Gasteiger partial charge in [-0.15, -0.1) is 0 Å². The molecule has 0 bridgehead atoms. The van der Waals surface area contributed by atoms with E-state index in [9.17, 15) is 8.42 Å². The van der Waals surface area contributed by atoms with Crippen LogP contribution in [-0.2, 0) is 9.84 Å². The smallest absolute Gasteiger partial charge is 0.149 e. The molecule has 0 aliphatic carbocycles. The van der Waals surface area contributed by atoms with E-state index in [1.165, 1.54) is 6.26 Å². The number of sulfone groups is 1. The summed E-state index contributed by atoms with van der Waals surface area (Å²) in [5.74, 6) is 0.124. The molecule has 3 nitrogen and oxygen atoms in total. The monoisotopic (exact) mass is 247 g/mol. The molecular weight excluding hydrogens is 234 g/mol. The topological polar surface area (TPSA) is 46.2 Å². The van der Waals surface area contributed by atoms with Crippen LogP contribution in [0.15, 0.2) is 18.2 Å². The Morgan fingerprint density at radius 1 is 1.40 bits per heavy atom. The largest absolute Gasteiger partial charge is 0.384 e. The van der Waals surface area contributed by atoms with E-state index in [0.29, 0.717) is 11.6 Å². The highest BCUT2D eigenvalue weighted by Gasteiger charge is 2.04. The molecule has 1 rings (SSSR count). The molecule has 0 saturated heterocycles. The zero-order chi connectivity index (χ0) is 11.5. The van der Waals surface area contributed by atoms with E-state index in [4.69, 9.17) is 11.6 Å². The van der Waals surface area contributed by atoms with Gasteiger partial charge in [0.05, 0.1) is 5.75 Å². The molecular formula is C10H14ClNO2S. The summed E-state index contributed by atoms with van der Waals surface area (Å²) in [5.41, 5.74) is 1.82. The van der Waals surface area contributed by atoms with Gasteiger partial charge in [-0.05, 0) is 24.6 Å². The van der Waals surface area contributed by atoms with Crippen molar-refractivity contribution in [2.24, 2.45) is 0 Å². The fraction of sp³-hybridized carbons (Fsp3) is 0.400. The standard InChI is InChI=1S/C10H14ClNO2S/c1-8-9(11)4-3-5-10(8)12-6-7-15(2,13)14/h3-5,12H,6-7H2,1-2H3. The highest BCUT2D eigenvalue weighted by Crippen LogP contribution is 2.22. The Labute approximate surface area is 95.4 Å². The van der Waals surface area contributed by atoms with Crippen molar-refractivity contribution in [3.8, 4) is 0 Å². The Bertz CT molecular complexity index is 443. The second kappa shape index (κ2) is 4.86. The molecule has 0 amide bonds. The predicted octanol–water partition coefficient (Wildman–Crippen LogP) is 2.10. The molecule has 0 fully saturated rings. The van der Waals surface area contributed by atoms with Crippen LogP contribution in [0, 0.1) is 6.92 Å². The number of rotatable bonds is 4. The van der Waals surface area contributed by atoms with Crippen LogP contribution < -0.4 is 5.32 Å². The van der Waals surface area contributed by atoms with Crippen LogP contribution in [0.4, 0.5) is 5.69 Å². The molecule has 0 atom stereocenters. The van der Waals surface area contributed by atoms with E-state index >= 15 is 0 Å². The Morgan fingerprint density at radius 3 is 2.67 bits per heavy atom. The lowest BCUT2D eigenvalue weighted by Gasteiger charge is -2.09. The van der Waals surface area contributed by atoms with E-state index in [2.05, 4.69) is 5.32 Å². The molecule has 0 unspecified atom stereocenters. The van der Waals surface area contributed by atoms with Crippen LogP contribution in [0.3, 0.4) is 0 Å². The first-order valence-corrected chi connectivity index (χ1v) is 7.01. The van der Waals surface area contributed by atoms with Crippen LogP contribution in [-0.4, -0.2) is 27.0 Å². The Kier molecular flexibility index (Phi) is 3.99. The van der Waals surface area contributed by atoms with Crippen LogP contribution in [0.5, 0.6) is 0 Å². The first kappa shape index (κ1) is 12.3. The van der Waals surface area contributed by atoms with Crippen molar-refractivity contribution in [3.05, 3.63) is 28.8 Å². The lowest BCUT2D eigenvalue weighted by molar-refractivity contribution is 0.602. The van der Waals surface area contributed by atoms with Crippen molar-refractivity contribution in [1.82, 2.24) is 0 Å². The van der Waals surface area contributed by atoms with E-state index in [-0.39, 0.29) is 5.75 Å². The van der Waals surface area contributed by atoms with Gasteiger partial charge in [-0.2, -0.15) is 0 Å². The van der Waals surface area contributed by atoms with Crippen LogP contribution in [0.25, 0.3) is 0 Å². The molecule has 0 radical (unpaired) electrons. The maximum Gasteiger partial charge on any atom is 0.149 e. The van der Waals surface area contributed by atoms with Crippen molar-refractivity contribution in [2.75, 3.05) is 23.9 Å². The molecule has 1 aromatic rings. The molecule has 1 N–H and O–H groups in total. The maximum atomic E-state index is 10.9. The van der Waals surface area contributed by atoms with Gasteiger partial charge < -0.3 is 5.32 Å². The summed E-state index contributed by atoms with van der Waals surface area (Å²) in [7, 11) is -2.91. The average Bonchev–Trinajstić information content (AvgIpc) is 2.10. The highest BCUT2D eigenvalue weighted by molar-refractivity contribution is 7.90. The summed E-state index contributed by atoms with van der Waals surface area (Å²) >= 11 is 5.92. The third kappa shape index (κ3) is 4.10. The lowest BCUT2D eigenvalue weighted by atomic mass is 10.2. The molecule has 0 saturated carbocycles. The number of anilines is 1. The number of hydrogen-bond donors (Lipinski definition) is 1. The van der Waals surface area contributed by atoms with E-state index in [0.717, 1.165) is 11.3 Å².